The summed E-state index contributed by atoms with van der Waals surface area (Å²) in [5.41, 5.74) is 0.606. The monoisotopic (exact) mass is 125 g/mol. The van der Waals surface area contributed by atoms with E-state index in [2.05, 4.69) is 6.58 Å². The highest BCUT2D eigenvalue weighted by Crippen LogP contribution is 2.17. The molecule has 3 nitrogen and oxygen atoms in total. The summed E-state index contributed by atoms with van der Waals surface area (Å²) in [5, 5.41) is 0. The smallest absolute Gasteiger partial charge is 0.233 e. The van der Waals surface area contributed by atoms with Crippen LogP contribution in [-0.4, -0.2) is 17.2 Å². The summed E-state index contributed by atoms with van der Waals surface area (Å²) >= 11 is 0. The van der Waals surface area contributed by atoms with Gasteiger partial charge in [-0.2, -0.15) is 0 Å². The zero-order chi connectivity index (χ0) is 6.85. The lowest BCUT2D eigenvalue weighted by Crippen LogP contribution is -2.20. The molecule has 1 heterocycles. The Morgan fingerprint density at radius 1 is 1.56 bits per heavy atom. The van der Waals surface area contributed by atoms with Crippen molar-refractivity contribution in [1.29, 1.82) is 0 Å². The Balaban J connectivity index is 2.77. The number of nitrogens with zero attached hydrogens (tertiary/aromatic N) is 1. The zero-order valence-electron chi connectivity index (χ0n) is 4.96. The molecular formula is C6H7NO2. The zero-order valence-corrected chi connectivity index (χ0v) is 4.96. The van der Waals surface area contributed by atoms with Gasteiger partial charge in [0.25, 0.3) is 0 Å². The van der Waals surface area contributed by atoms with Gasteiger partial charge in [0, 0.05) is 12.1 Å². The fourth-order valence-electron chi connectivity index (χ4n) is 0.802. The summed E-state index contributed by atoms with van der Waals surface area (Å²) in [5.74, 6) is -0.144. The summed E-state index contributed by atoms with van der Waals surface area (Å²) in [6.07, 6.45) is 1.56. The molecule has 0 bridgehead atoms. The van der Waals surface area contributed by atoms with Crippen LogP contribution in [0.25, 0.3) is 0 Å². The van der Waals surface area contributed by atoms with E-state index in [1.165, 1.54) is 0 Å². The minimum absolute atomic E-state index is 0.144. The fourth-order valence-corrected chi connectivity index (χ4v) is 0.802. The van der Waals surface area contributed by atoms with Crippen molar-refractivity contribution in [1.82, 2.24) is 4.90 Å². The molecule has 3 heteroatoms. The van der Waals surface area contributed by atoms with Crippen LogP contribution in [0.3, 0.4) is 0 Å². The van der Waals surface area contributed by atoms with E-state index in [-0.39, 0.29) is 5.91 Å². The third kappa shape index (κ3) is 0.850. The fraction of sp³-hybridized carbons (Fsp3) is 0.333. The van der Waals surface area contributed by atoms with E-state index < -0.39 is 0 Å². The van der Waals surface area contributed by atoms with E-state index in [9.17, 15) is 9.59 Å². The highest BCUT2D eigenvalue weighted by Gasteiger charge is 2.22. The molecule has 2 amide bonds. The van der Waals surface area contributed by atoms with Gasteiger partial charge in [0.2, 0.25) is 12.3 Å². The first-order valence-corrected chi connectivity index (χ1v) is 2.71. The lowest BCUT2D eigenvalue weighted by Gasteiger charge is -2.04. The molecule has 0 atom stereocenters. The lowest BCUT2D eigenvalue weighted by atomic mass is 10.3. The molecule has 0 radical (unpaired) electrons. The van der Waals surface area contributed by atoms with Crippen molar-refractivity contribution >= 4 is 12.3 Å². The number of allylic oxidation sites excluding steroid dienone is 1. The molecule has 0 saturated carbocycles. The summed E-state index contributed by atoms with van der Waals surface area (Å²) in [6, 6.07) is 0. The molecule has 48 valence electrons. The van der Waals surface area contributed by atoms with Crippen LogP contribution in [0.1, 0.15) is 12.8 Å². The quantitative estimate of drug-likeness (QED) is 0.472. The maximum Gasteiger partial charge on any atom is 0.233 e. The predicted molar refractivity (Wildman–Crippen MR) is 31.3 cm³/mol. The van der Waals surface area contributed by atoms with E-state index in [0.717, 1.165) is 4.90 Å². The highest BCUT2D eigenvalue weighted by atomic mass is 16.2. The van der Waals surface area contributed by atoms with Gasteiger partial charge in [-0.1, -0.05) is 6.58 Å². The molecule has 0 aliphatic carbocycles. The Morgan fingerprint density at radius 3 is 2.44 bits per heavy atom. The first-order valence-electron chi connectivity index (χ1n) is 2.71. The molecule has 0 aromatic heterocycles. The summed E-state index contributed by atoms with van der Waals surface area (Å²) in [6.45, 7) is 3.53. The van der Waals surface area contributed by atoms with Crippen LogP contribution in [0.2, 0.25) is 0 Å². The molecule has 0 aromatic carbocycles. The topological polar surface area (TPSA) is 37.4 Å². The van der Waals surface area contributed by atoms with Crippen LogP contribution in [-0.2, 0) is 9.59 Å². The number of hydrogen-bond acceptors (Lipinski definition) is 2. The van der Waals surface area contributed by atoms with Crippen molar-refractivity contribution in [2.45, 2.75) is 12.8 Å². The van der Waals surface area contributed by atoms with E-state index in [0.29, 0.717) is 24.9 Å². The van der Waals surface area contributed by atoms with Crippen LogP contribution >= 0.6 is 0 Å². The van der Waals surface area contributed by atoms with Gasteiger partial charge in [0.05, 0.1) is 0 Å². The Kier molecular flexibility index (Phi) is 1.34. The molecular weight excluding hydrogens is 118 g/mol. The maximum absolute atomic E-state index is 10.6. The lowest BCUT2D eigenvalue weighted by molar-refractivity contribution is -0.133. The van der Waals surface area contributed by atoms with E-state index in [1.807, 2.05) is 0 Å². The van der Waals surface area contributed by atoms with E-state index in [1.54, 1.807) is 0 Å². The summed E-state index contributed by atoms with van der Waals surface area (Å²) in [4.78, 5) is 21.8. The van der Waals surface area contributed by atoms with E-state index in [4.69, 9.17) is 0 Å². The molecule has 1 saturated heterocycles. The molecule has 1 aliphatic rings. The second-order valence-corrected chi connectivity index (χ2v) is 1.94. The van der Waals surface area contributed by atoms with E-state index >= 15 is 0 Å². The van der Waals surface area contributed by atoms with Crippen molar-refractivity contribution in [3.05, 3.63) is 12.3 Å². The Labute approximate surface area is 53.0 Å². The van der Waals surface area contributed by atoms with Gasteiger partial charge >= 0.3 is 0 Å². The van der Waals surface area contributed by atoms with Crippen molar-refractivity contribution in [2.24, 2.45) is 0 Å². The van der Waals surface area contributed by atoms with Crippen molar-refractivity contribution < 1.29 is 9.59 Å². The van der Waals surface area contributed by atoms with Gasteiger partial charge < -0.3 is 0 Å². The Hall–Kier alpha value is -1.12. The third-order valence-corrected chi connectivity index (χ3v) is 1.34. The van der Waals surface area contributed by atoms with Crippen LogP contribution in [0.4, 0.5) is 0 Å². The number of amides is 2. The molecule has 0 spiro atoms. The number of hydrogen-bond donors (Lipinski definition) is 0. The van der Waals surface area contributed by atoms with Gasteiger partial charge in [-0.25, -0.2) is 0 Å². The Morgan fingerprint density at radius 2 is 2.22 bits per heavy atom. The number of likely N-dealkylation sites (tertiary alicyclic amines) is 1. The molecule has 1 fully saturated rings. The van der Waals surface area contributed by atoms with Crippen molar-refractivity contribution in [3.63, 3.8) is 0 Å². The van der Waals surface area contributed by atoms with Crippen LogP contribution in [0.15, 0.2) is 12.3 Å². The molecule has 0 aromatic rings. The number of carbonyl (C=O) groups is 2. The number of rotatable bonds is 1. The third-order valence-electron chi connectivity index (χ3n) is 1.34. The second-order valence-electron chi connectivity index (χ2n) is 1.94. The molecule has 0 unspecified atom stereocenters. The summed E-state index contributed by atoms with van der Waals surface area (Å²) in [7, 11) is 0. The number of carbonyl (C=O) groups excluding carboxylic acids is 2. The minimum atomic E-state index is -0.144. The number of imide groups is 1. The molecule has 0 N–H and O–H groups in total. The minimum Gasteiger partial charge on any atom is -0.278 e. The first kappa shape index (κ1) is 6.01. The average molecular weight is 125 g/mol. The first-order chi connectivity index (χ1) is 4.25. The molecule has 1 aliphatic heterocycles. The van der Waals surface area contributed by atoms with Crippen molar-refractivity contribution in [3.8, 4) is 0 Å². The molecule has 1 rings (SSSR count). The van der Waals surface area contributed by atoms with Gasteiger partial charge in [0.1, 0.15) is 0 Å². The highest BCUT2D eigenvalue weighted by molar-refractivity contribution is 5.90. The van der Waals surface area contributed by atoms with Gasteiger partial charge in [-0.3, -0.25) is 14.5 Å². The predicted octanol–water partition coefficient (Wildman–Crippen LogP) is 0.279. The van der Waals surface area contributed by atoms with Gasteiger partial charge in [0.15, 0.2) is 0 Å². The van der Waals surface area contributed by atoms with Crippen LogP contribution < -0.4 is 0 Å². The second kappa shape index (κ2) is 2.01. The van der Waals surface area contributed by atoms with Gasteiger partial charge in [-0.05, 0) is 6.42 Å². The van der Waals surface area contributed by atoms with Crippen LogP contribution in [0.5, 0.6) is 0 Å². The largest absolute Gasteiger partial charge is 0.278 e. The average Bonchev–Trinajstić information content (AvgIpc) is 2.12. The Bertz CT molecular complexity index is 158. The van der Waals surface area contributed by atoms with Crippen molar-refractivity contribution in [2.75, 3.05) is 0 Å². The van der Waals surface area contributed by atoms with Crippen LogP contribution in [0, 0.1) is 0 Å². The maximum atomic E-state index is 10.6. The van der Waals surface area contributed by atoms with Gasteiger partial charge in [-0.15, -0.1) is 0 Å². The summed E-state index contributed by atoms with van der Waals surface area (Å²) < 4.78 is 0. The molecule has 9 heavy (non-hydrogen) atoms. The standard InChI is InChI=1S/C6H7NO2/c1-5-2-3-6(9)7(5)4-8/h4H,1-3H2. The SMILES string of the molecule is C=C1CCC(=O)N1C=O. The normalized spacial score (nSPS) is 18.9.